The molecule has 4 rings (SSSR count). The predicted molar refractivity (Wildman–Crippen MR) is 128 cm³/mol. The topological polar surface area (TPSA) is 131 Å². The third-order valence-electron chi connectivity index (χ3n) is 4.64. The van der Waals surface area contributed by atoms with Gasteiger partial charge in [-0.2, -0.15) is 0 Å². The van der Waals surface area contributed by atoms with Crippen LogP contribution in [0.2, 0.25) is 0 Å². The van der Waals surface area contributed by atoms with Gasteiger partial charge in [-0.05, 0) is 47.0 Å². The van der Waals surface area contributed by atoms with Gasteiger partial charge in [0, 0.05) is 10.8 Å². The normalized spacial score (nSPS) is 11.8. The van der Waals surface area contributed by atoms with Crippen molar-refractivity contribution in [3.05, 3.63) is 77.7 Å². The zero-order valence-corrected chi connectivity index (χ0v) is 19.5. The summed E-state index contributed by atoms with van der Waals surface area (Å²) < 4.78 is 62.5. The number of nitrogens with zero attached hydrogens (tertiary/aromatic N) is 1. The maximum Gasteiger partial charge on any atom is 0.271 e. The van der Waals surface area contributed by atoms with Gasteiger partial charge < -0.3 is 4.74 Å². The number of anilines is 2. The lowest BCUT2D eigenvalue weighted by Gasteiger charge is -2.14. The van der Waals surface area contributed by atoms with Gasteiger partial charge in [0.05, 0.1) is 18.5 Å². The molecule has 0 radical (unpaired) electrons. The minimum atomic E-state index is -4.28. The lowest BCUT2D eigenvalue weighted by Crippen LogP contribution is -2.17. The van der Waals surface area contributed by atoms with Gasteiger partial charge in [-0.25, -0.2) is 16.8 Å². The molecule has 4 aromatic rings. The van der Waals surface area contributed by atoms with Crippen molar-refractivity contribution < 1.29 is 21.6 Å². The molecule has 170 valence electrons. The van der Waals surface area contributed by atoms with Crippen LogP contribution in [0.3, 0.4) is 0 Å². The summed E-state index contributed by atoms with van der Waals surface area (Å²) in [4.78, 5) is 10.8. The van der Waals surface area contributed by atoms with Crippen molar-refractivity contribution in [2.75, 3.05) is 16.6 Å². The summed E-state index contributed by atoms with van der Waals surface area (Å²) in [6, 6.07) is 18.5. The highest BCUT2D eigenvalue weighted by Gasteiger charge is 2.24. The van der Waals surface area contributed by atoms with Crippen LogP contribution in [0, 0.1) is 4.91 Å². The Morgan fingerprint density at radius 3 is 2.09 bits per heavy atom. The number of hydrogen-bond acceptors (Lipinski definition) is 8. The Kier molecular flexibility index (Phi) is 6.06. The minimum Gasteiger partial charge on any atom is -0.497 e. The number of nitrogens with one attached hydrogen (secondary N) is 2. The Hall–Kier alpha value is -3.48. The second kappa shape index (κ2) is 8.81. The van der Waals surface area contributed by atoms with Crippen LogP contribution in [0.1, 0.15) is 0 Å². The number of nitroso groups, excluding NO2 is 1. The molecular formula is C21H17N3O6S3. The second-order valence-electron chi connectivity index (χ2n) is 6.78. The van der Waals surface area contributed by atoms with E-state index in [4.69, 9.17) is 4.74 Å². The molecule has 0 saturated carbocycles. The zero-order chi connectivity index (χ0) is 23.6. The molecule has 12 heteroatoms. The molecule has 0 aliphatic heterocycles. The van der Waals surface area contributed by atoms with Crippen LogP contribution in [0.4, 0.5) is 17.1 Å². The summed E-state index contributed by atoms with van der Waals surface area (Å²) in [7, 11) is -6.90. The second-order valence-corrected chi connectivity index (χ2v) is 11.4. The molecule has 0 spiro atoms. The minimum absolute atomic E-state index is 0.0187. The van der Waals surface area contributed by atoms with E-state index in [0.29, 0.717) is 0 Å². The molecule has 0 amide bonds. The Morgan fingerprint density at radius 1 is 0.818 bits per heavy atom. The first-order valence-corrected chi connectivity index (χ1v) is 13.2. The fourth-order valence-electron chi connectivity index (χ4n) is 3.07. The van der Waals surface area contributed by atoms with Crippen molar-refractivity contribution in [3.63, 3.8) is 0 Å². The van der Waals surface area contributed by atoms with E-state index >= 15 is 0 Å². The van der Waals surface area contributed by atoms with Gasteiger partial charge in [-0.1, -0.05) is 30.3 Å². The molecule has 2 N–H and O–H groups in total. The van der Waals surface area contributed by atoms with Crippen molar-refractivity contribution in [1.82, 2.24) is 0 Å². The largest absolute Gasteiger partial charge is 0.497 e. The maximum atomic E-state index is 13.0. The average molecular weight is 504 g/mol. The summed E-state index contributed by atoms with van der Waals surface area (Å²) in [6.45, 7) is 0. The first-order valence-electron chi connectivity index (χ1n) is 9.38. The SMILES string of the molecule is COc1ccc(S(=O)(=O)Nc2ccccc2NS(=O)(=O)c2cc3ccccc3s2)c(N=O)c1. The van der Waals surface area contributed by atoms with E-state index in [0.717, 1.165) is 21.4 Å². The number of sulfonamides is 2. The number of hydrogen-bond donors (Lipinski definition) is 2. The summed E-state index contributed by atoms with van der Waals surface area (Å²) in [5.41, 5.74) is -0.340. The van der Waals surface area contributed by atoms with E-state index in [2.05, 4.69) is 14.6 Å². The van der Waals surface area contributed by atoms with Gasteiger partial charge in [0.2, 0.25) is 0 Å². The standard InChI is InChI=1S/C21H17N3O6S3/c1-30-15-10-11-20(18(13-15)22-25)32(26,27)23-16-7-3-4-8-17(16)24-33(28,29)21-12-14-6-2-5-9-19(14)31-21/h2-13,23-24H,1H3. The summed E-state index contributed by atoms with van der Waals surface area (Å²) in [5, 5.41) is 3.55. The van der Waals surface area contributed by atoms with Crippen molar-refractivity contribution in [2.45, 2.75) is 9.10 Å². The van der Waals surface area contributed by atoms with E-state index in [1.807, 2.05) is 18.2 Å². The van der Waals surface area contributed by atoms with E-state index in [-0.39, 0.29) is 31.9 Å². The van der Waals surface area contributed by atoms with Gasteiger partial charge in [-0.3, -0.25) is 9.44 Å². The fraction of sp³-hybridized carbons (Fsp3) is 0.0476. The summed E-state index contributed by atoms with van der Waals surface area (Å²) in [6.07, 6.45) is 0. The Labute approximate surface area is 194 Å². The highest BCUT2D eigenvalue weighted by molar-refractivity contribution is 7.95. The number of para-hydroxylation sites is 2. The molecule has 0 aliphatic carbocycles. The molecule has 9 nitrogen and oxygen atoms in total. The van der Waals surface area contributed by atoms with Gasteiger partial charge in [0.25, 0.3) is 20.0 Å². The number of thiophene rings is 1. The number of rotatable bonds is 8. The first-order chi connectivity index (χ1) is 15.7. The van der Waals surface area contributed by atoms with Crippen LogP contribution in [0.5, 0.6) is 5.75 Å². The summed E-state index contributed by atoms with van der Waals surface area (Å²) in [5.74, 6) is 0.264. The van der Waals surface area contributed by atoms with E-state index in [9.17, 15) is 21.7 Å². The van der Waals surface area contributed by atoms with Crippen molar-refractivity contribution in [2.24, 2.45) is 5.18 Å². The van der Waals surface area contributed by atoms with Crippen LogP contribution in [0.15, 0.2) is 87.1 Å². The van der Waals surface area contributed by atoms with E-state index in [1.165, 1.54) is 37.4 Å². The molecule has 3 aromatic carbocycles. The number of ether oxygens (including phenoxy) is 1. The Balaban J connectivity index is 1.67. The third kappa shape index (κ3) is 4.67. The number of fused-ring (bicyclic) bond motifs is 1. The van der Waals surface area contributed by atoms with Gasteiger partial charge in [-0.15, -0.1) is 16.2 Å². The molecule has 0 bridgehead atoms. The van der Waals surface area contributed by atoms with Crippen molar-refractivity contribution >= 4 is 58.5 Å². The molecule has 0 unspecified atom stereocenters. The lowest BCUT2D eigenvalue weighted by atomic mass is 10.3. The zero-order valence-electron chi connectivity index (χ0n) is 17.0. The molecule has 1 aromatic heterocycles. The average Bonchev–Trinajstić information content (AvgIpc) is 3.25. The van der Waals surface area contributed by atoms with Crippen molar-refractivity contribution in [1.29, 1.82) is 0 Å². The molecule has 1 heterocycles. The van der Waals surface area contributed by atoms with Crippen LogP contribution in [-0.4, -0.2) is 23.9 Å². The number of benzene rings is 3. The highest BCUT2D eigenvalue weighted by Crippen LogP contribution is 2.34. The summed E-state index contributed by atoms with van der Waals surface area (Å²) >= 11 is 1.10. The monoisotopic (exact) mass is 503 g/mol. The Morgan fingerprint density at radius 2 is 1.45 bits per heavy atom. The maximum absolute atomic E-state index is 13.0. The van der Waals surface area contributed by atoms with Crippen LogP contribution >= 0.6 is 11.3 Å². The highest BCUT2D eigenvalue weighted by atomic mass is 32.2. The van der Waals surface area contributed by atoms with Crippen LogP contribution in [0.25, 0.3) is 10.1 Å². The Bertz CT molecular complexity index is 1530. The molecular weight excluding hydrogens is 486 g/mol. The van der Waals surface area contributed by atoms with Crippen LogP contribution in [-0.2, 0) is 20.0 Å². The molecule has 33 heavy (non-hydrogen) atoms. The van der Waals surface area contributed by atoms with E-state index in [1.54, 1.807) is 24.3 Å². The number of methoxy groups -OCH3 is 1. The van der Waals surface area contributed by atoms with Crippen LogP contribution < -0.4 is 14.2 Å². The smallest absolute Gasteiger partial charge is 0.271 e. The predicted octanol–water partition coefficient (Wildman–Crippen LogP) is 4.91. The fourth-order valence-corrected chi connectivity index (χ4v) is 6.74. The van der Waals surface area contributed by atoms with Gasteiger partial charge in [0.15, 0.2) is 0 Å². The van der Waals surface area contributed by atoms with E-state index < -0.39 is 20.0 Å². The molecule has 0 saturated heterocycles. The van der Waals surface area contributed by atoms with Gasteiger partial charge >= 0.3 is 0 Å². The third-order valence-corrected chi connectivity index (χ3v) is 9.01. The lowest BCUT2D eigenvalue weighted by molar-refractivity contribution is 0.414. The molecule has 0 atom stereocenters. The molecule has 0 fully saturated rings. The molecule has 0 aliphatic rings. The quantitative estimate of drug-likeness (QED) is 0.329. The van der Waals surface area contributed by atoms with Crippen molar-refractivity contribution in [3.8, 4) is 5.75 Å². The first kappa shape index (κ1) is 22.7. The van der Waals surface area contributed by atoms with Gasteiger partial charge in [0.1, 0.15) is 20.5 Å².